The van der Waals surface area contributed by atoms with Crippen LogP contribution in [0, 0.1) is 5.95 Å². The average Bonchev–Trinajstić information content (AvgIpc) is 3.42. The molecule has 0 bridgehead atoms. The lowest BCUT2D eigenvalue weighted by molar-refractivity contribution is 0.00578. The van der Waals surface area contributed by atoms with Crippen LogP contribution in [0.4, 0.5) is 14.9 Å². The van der Waals surface area contributed by atoms with E-state index in [4.69, 9.17) is 20.9 Å². The number of amides is 2. The van der Waals surface area contributed by atoms with E-state index in [-0.39, 0.29) is 18.0 Å². The van der Waals surface area contributed by atoms with Gasteiger partial charge >= 0.3 is 13.1 Å². The van der Waals surface area contributed by atoms with Gasteiger partial charge in [0.05, 0.1) is 11.2 Å². The van der Waals surface area contributed by atoms with Gasteiger partial charge in [-0.15, -0.1) is 0 Å². The Morgan fingerprint density at radius 2 is 1.75 bits per heavy atom. The maximum absolute atomic E-state index is 13.6. The summed E-state index contributed by atoms with van der Waals surface area (Å²) in [5.41, 5.74) is 3.73. The summed E-state index contributed by atoms with van der Waals surface area (Å²) in [6.45, 7) is 11.7. The van der Waals surface area contributed by atoms with Crippen molar-refractivity contribution in [1.82, 2.24) is 15.2 Å². The molecule has 44 heavy (non-hydrogen) atoms. The summed E-state index contributed by atoms with van der Waals surface area (Å²) in [7, 11) is -0.482. The van der Waals surface area contributed by atoms with E-state index in [9.17, 15) is 9.18 Å². The fourth-order valence-corrected chi connectivity index (χ4v) is 6.45. The molecule has 3 aliphatic heterocycles. The van der Waals surface area contributed by atoms with E-state index >= 15 is 0 Å². The average molecular weight is 617 g/mol. The fourth-order valence-electron chi connectivity index (χ4n) is 6.32. The molecule has 1 aromatic heterocycles. The molecule has 0 aliphatic carbocycles. The molecular weight excluding hydrogens is 578 g/mol. The van der Waals surface area contributed by atoms with Gasteiger partial charge in [-0.3, -0.25) is 9.80 Å². The number of aromatic nitrogens is 1. The topological polar surface area (TPSA) is 66.9 Å². The number of nitrogens with one attached hydrogen (secondary N) is 1. The van der Waals surface area contributed by atoms with Crippen molar-refractivity contribution < 1.29 is 18.5 Å². The summed E-state index contributed by atoms with van der Waals surface area (Å²) in [4.78, 5) is 21.5. The molecule has 3 aromatic rings. The van der Waals surface area contributed by atoms with E-state index in [2.05, 4.69) is 61.1 Å². The lowest BCUT2D eigenvalue weighted by atomic mass is 9.70. The third-order valence-electron chi connectivity index (χ3n) is 9.71. The maximum Gasteiger partial charge on any atom is 0.494 e. The Morgan fingerprint density at radius 3 is 2.43 bits per heavy atom. The number of anilines is 1. The van der Waals surface area contributed by atoms with Crippen LogP contribution in [0.5, 0.6) is 0 Å². The molecule has 10 heteroatoms. The Labute approximate surface area is 264 Å². The van der Waals surface area contributed by atoms with Crippen LogP contribution < -0.4 is 15.7 Å². The zero-order valence-corrected chi connectivity index (χ0v) is 26.5. The van der Waals surface area contributed by atoms with E-state index in [1.807, 2.05) is 41.3 Å². The highest BCUT2D eigenvalue weighted by molar-refractivity contribution is 6.62. The first-order valence-electron chi connectivity index (χ1n) is 15.3. The fraction of sp³-hybridized carbons (Fsp3) is 0.412. The Balaban J connectivity index is 1.21. The first kappa shape index (κ1) is 30.8. The molecule has 0 radical (unpaired) electrons. The smallest absolute Gasteiger partial charge is 0.399 e. The minimum absolute atomic E-state index is 0.189. The Morgan fingerprint density at radius 1 is 1.05 bits per heavy atom. The molecule has 6 rings (SSSR count). The van der Waals surface area contributed by atoms with Crippen LogP contribution in [0.2, 0.25) is 5.02 Å². The summed E-state index contributed by atoms with van der Waals surface area (Å²) in [5, 5.41) is 3.73. The molecule has 230 valence electrons. The van der Waals surface area contributed by atoms with Crippen molar-refractivity contribution in [2.75, 3.05) is 31.1 Å². The summed E-state index contributed by atoms with van der Waals surface area (Å²) >= 11 is 6.02. The van der Waals surface area contributed by atoms with Crippen molar-refractivity contribution in [3.63, 3.8) is 0 Å². The molecule has 0 atom stereocenters. The van der Waals surface area contributed by atoms with Crippen molar-refractivity contribution in [3.05, 3.63) is 94.5 Å². The van der Waals surface area contributed by atoms with Gasteiger partial charge in [-0.05, 0) is 106 Å². The zero-order valence-electron chi connectivity index (χ0n) is 25.8. The van der Waals surface area contributed by atoms with Gasteiger partial charge in [-0.25, -0.2) is 9.78 Å². The van der Waals surface area contributed by atoms with E-state index in [1.54, 1.807) is 6.07 Å². The van der Waals surface area contributed by atoms with E-state index < -0.39 is 24.3 Å². The summed E-state index contributed by atoms with van der Waals surface area (Å²) < 4.78 is 26.4. The number of pyridine rings is 1. The molecule has 1 N–H and O–H groups in total. The Bertz CT molecular complexity index is 1540. The van der Waals surface area contributed by atoms with Crippen molar-refractivity contribution in [3.8, 4) is 0 Å². The third kappa shape index (κ3) is 6.16. The van der Waals surface area contributed by atoms with Crippen LogP contribution in [-0.2, 0) is 21.3 Å². The number of hydrogen-bond acceptors (Lipinski definition) is 5. The minimum atomic E-state index is -0.563. The van der Waals surface area contributed by atoms with Crippen LogP contribution in [0.25, 0.3) is 6.08 Å². The second-order valence-electron chi connectivity index (χ2n) is 13.1. The number of urea groups is 1. The number of benzene rings is 2. The van der Waals surface area contributed by atoms with Crippen LogP contribution in [0.15, 0.2) is 66.9 Å². The van der Waals surface area contributed by atoms with Crippen LogP contribution in [0.3, 0.4) is 0 Å². The van der Waals surface area contributed by atoms with Gasteiger partial charge in [0.1, 0.15) is 0 Å². The lowest BCUT2D eigenvalue weighted by Gasteiger charge is -2.39. The van der Waals surface area contributed by atoms with E-state index in [0.29, 0.717) is 12.1 Å². The highest BCUT2D eigenvalue weighted by atomic mass is 35.5. The summed E-state index contributed by atoms with van der Waals surface area (Å²) in [6.07, 6.45) is 7.57. The highest BCUT2D eigenvalue weighted by Gasteiger charge is 2.53. The van der Waals surface area contributed by atoms with Gasteiger partial charge in [-0.2, -0.15) is 4.39 Å². The van der Waals surface area contributed by atoms with E-state index in [0.717, 1.165) is 59.8 Å². The zero-order chi connectivity index (χ0) is 31.1. The standard InChI is InChI=1S/C34H39BClFN4O3/c1-32(2)33(3,4)44-35(43-32)26-9-12-29-28(21-26)34(23-41(29)31(42)39-22-25-13-16-38-30(37)20-25)14-18-40(19-15-34)17-5-6-24-7-10-27(36)11-8-24/h5-13,16,20-21H,14-15,17-19,22-23H2,1-4H3,(H,39,42). The SMILES string of the molecule is CC1(C)OB(c2ccc3c(c2)C2(CCN(CC=Cc4ccc(Cl)cc4)CC2)CN3C(=O)NCc2ccnc(F)c2)OC1(C)C. The number of carbonyl (C=O) groups is 1. The first-order chi connectivity index (χ1) is 20.9. The van der Waals surface area contributed by atoms with Crippen LogP contribution in [-0.4, -0.2) is 60.4 Å². The second-order valence-corrected chi connectivity index (χ2v) is 13.6. The molecule has 2 amide bonds. The quantitative estimate of drug-likeness (QED) is 0.274. The third-order valence-corrected chi connectivity index (χ3v) is 9.96. The molecule has 2 aromatic carbocycles. The minimum Gasteiger partial charge on any atom is -0.399 e. The van der Waals surface area contributed by atoms with Crippen molar-refractivity contribution in [1.29, 1.82) is 0 Å². The van der Waals surface area contributed by atoms with Gasteiger partial charge in [0.15, 0.2) is 0 Å². The number of hydrogen-bond donors (Lipinski definition) is 1. The molecule has 0 unspecified atom stereocenters. The Hall–Kier alpha value is -3.24. The first-order valence-corrected chi connectivity index (χ1v) is 15.6. The number of nitrogens with zero attached hydrogens (tertiary/aromatic N) is 3. The van der Waals surface area contributed by atoms with Crippen molar-refractivity contribution >= 4 is 42.0 Å². The molecule has 7 nitrogen and oxygen atoms in total. The van der Waals surface area contributed by atoms with Gasteiger partial charge < -0.3 is 14.6 Å². The molecule has 0 saturated carbocycles. The maximum atomic E-state index is 13.6. The molecule has 1 spiro atoms. The number of fused-ring (bicyclic) bond motifs is 2. The number of carbonyl (C=O) groups excluding carboxylic acids is 1. The Kier molecular flexibility index (Phi) is 8.35. The van der Waals surface area contributed by atoms with E-state index in [1.165, 1.54) is 12.3 Å². The molecule has 3 aliphatic rings. The summed E-state index contributed by atoms with van der Waals surface area (Å²) in [5.74, 6) is -0.563. The molecule has 2 saturated heterocycles. The van der Waals surface area contributed by atoms with Crippen molar-refractivity contribution in [2.45, 2.75) is 63.7 Å². The normalized spacial score (nSPS) is 20.4. The predicted octanol–water partition coefficient (Wildman–Crippen LogP) is 5.95. The molecule has 4 heterocycles. The number of halogens is 2. The van der Waals surface area contributed by atoms with Crippen LogP contribution in [0.1, 0.15) is 57.2 Å². The number of piperidine rings is 1. The molecule has 2 fully saturated rings. The largest absolute Gasteiger partial charge is 0.494 e. The van der Waals surface area contributed by atoms with Gasteiger partial charge in [0.25, 0.3) is 0 Å². The van der Waals surface area contributed by atoms with Crippen molar-refractivity contribution in [2.24, 2.45) is 0 Å². The molecular formula is C34H39BClFN4O3. The number of likely N-dealkylation sites (tertiary alicyclic amines) is 1. The number of rotatable bonds is 6. The summed E-state index contributed by atoms with van der Waals surface area (Å²) in [6, 6.07) is 16.9. The van der Waals surface area contributed by atoms with Gasteiger partial charge in [-0.1, -0.05) is 48.0 Å². The highest BCUT2D eigenvalue weighted by Crippen LogP contribution is 2.47. The monoisotopic (exact) mass is 616 g/mol. The predicted molar refractivity (Wildman–Crippen MR) is 174 cm³/mol. The lowest BCUT2D eigenvalue weighted by Crippen LogP contribution is -2.47. The van der Waals surface area contributed by atoms with Crippen LogP contribution >= 0.6 is 11.6 Å². The second kappa shape index (κ2) is 11.9. The van der Waals surface area contributed by atoms with Gasteiger partial charge in [0, 0.05) is 42.0 Å². The van der Waals surface area contributed by atoms with Gasteiger partial charge in [0.2, 0.25) is 5.95 Å².